The molecule has 2 aromatic heterocycles. The lowest BCUT2D eigenvalue weighted by Crippen LogP contribution is -2.34. The molecule has 1 N–H and O–H groups in total. The summed E-state index contributed by atoms with van der Waals surface area (Å²) >= 11 is 1.03. The molecule has 0 saturated carbocycles. The molecule has 2 aromatic rings. The van der Waals surface area contributed by atoms with Crippen LogP contribution >= 0.6 is 11.3 Å². The fraction of sp³-hybridized carbons (Fsp3) is 0.308. The second-order valence-electron chi connectivity index (χ2n) is 5.13. The van der Waals surface area contributed by atoms with E-state index >= 15 is 0 Å². The zero-order valence-electron chi connectivity index (χ0n) is 11.3. The number of hydrogen-bond donors (Lipinski definition) is 1. The Labute approximate surface area is 119 Å². The van der Waals surface area contributed by atoms with Crippen molar-refractivity contribution in [1.82, 2.24) is 9.55 Å². The monoisotopic (exact) mass is 294 g/mol. The summed E-state index contributed by atoms with van der Waals surface area (Å²) < 4.78 is 6.89. The van der Waals surface area contributed by atoms with E-state index in [1.807, 2.05) is 20.8 Å². The number of carboxylic acid groups (broad SMARTS) is 1. The Morgan fingerprint density at radius 1 is 1.45 bits per heavy atom. The minimum Gasteiger partial charge on any atom is -0.477 e. The molecule has 0 aliphatic rings. The molecule has 6 nitrogen and oxygen atoms in total. The molecule has 0 aromatic carbocycles. The molecule has 7 heteroatoms. The van der Waals surface area contributed by atoms with E-state index < -0.39 is 5.97 Å². The van der Waals surface area contributed by atoms with Crippen molar-refractivity contribution in [3.63, 3.8) is 0 Å². The first-order valence-corrected chi connectivity index (χ1v) is 6.75. The van der Waals surface area contributed by atoms with E-state index in [-0.39, 0.29) is 21.9 Å². The number of rotatable bonds is 3. The van der Waals surface area contributed by atoms with Crippen LogP contribution in [0.4, 0.5) is 0 Å². The summed E-state index contributed by atoms with van der Waals surface area (Å²) in [5.41, 5.74) is -0.748. The second-order valence-corrected chi connectivity index (χ2v) is 6.04. The first kappa shape index (κ1) is 14.3. The Hall–Kier alpha value is -2.15. The molecule has 0 unspecified atom stereocenters. The van der Waals surface area contributed by atoms with Crippen molar-refractivity contribution >= 4 is 17.3 Å². The molecule has 2 heterocycles. The first-order chi connectivity index (χ1) is 9.29. The molecular weight excluding hydrogens is 280 g/mol. The highest BCUT2D eigenvalue weighted by Gasteiger charge is 2.18. The number of aromatic nitrogens is 2. The van der Waals surface area contributed by atoms with Crippen molar-refractivity contribution in [2.24, 2.45) is 0 Å². The van der Waals surface area contributed by atoms with Gasteiger partial charge in [-0.3, -0.25) is 4.79 Å². The van der Waals surface area contributed by atoms with Crippen LogP contribution in [0.3, 0.4) is 0 Å². The molecule has 0 radical (unpaired) electrons. The van der Waals surface area contributed by atoms with Crippen molar-refractivity contribution in [1.29, 1.82) is 0 Å². The van der Waals surface area contributed by atoms with Crippen LogP contribution in [0.2, 0.25) is 0 Å². The fourth-order valence-corrected chi connectivity index (χ4v) is 2.23. The van der Waals surface area contributed by atoms with Crippen LogP contribution in [0.25, 0.3) is 0 Å². The van der Waals surface area contributed by atoms with Gasteiger partial charge in [0.2, 0.25) is 0 Å². The van der Waals surface area contributed by atoms with Gasteiger partial charge in [0.25, 0.3) is 5.88 Å². The molecular formula is C13H14N2O4S. The van der Waals surface area contributed by atoms with Crippen LogP contribution in [0.5, 0.6) is 11.6 Å². The molecule has 20 heavy (non-hydrogen) atoms. The third kappa shape index (κ3) is 2.88. The molecule has 0 bridgehead atoms. The maximum atomic E-state index is 12.2. The number of nitrogens with zero attached hydrogens (tertiary/aromatic N) is 2. The van der Waals surface area contributed by atoms with Gasteiger partial charge in [-0.15, -0.1) is 11.3 Å². The average Bonchev–Trinajstić information content (AvgIpc) is 2.79. The number of carbonyl (C=O) groups is 1. The molecule has 0 atom stereocenters. The lowest BCUT2D eigenvalue weighted by molar-refractivity contribution is 0.0702. The summed E-state index contributed by atoms with van der Waals surface area (Å²) in [5, 5.41) is 10.4. The minimum absolute atomic E-state index is 0.0721. The van der Waals surface area contributed by atoms with Gasteiger partial charge < -0.3 is 14.4 Å². The zero-order valence-corrected chi connectivity index (χ0v) is 12.1. The van der Waals surface area contributed by atoms with Gasteiger partial charge in [-0.05, 0) is 20.8 Å². The zero-order chi connectivity index (χ0) is 14.9. The van der Waals surface area contributed by atoms with Gasteiger partial charge >= 0.3 is 11.5 Å². The molecule has 0 spiro atoms. The standard InChI is InChI=1S/C13H14N2O4S/c1-13(2,3)15-5-4-14-10(11(15)16)19-8-6-9(12(17)18)20-7-8/h4-7H,1-3H3,(H,17,18). The largest absolute Gasteiger partial charge is 0.477 e. The van der Waals surface area contributed by atoms with Crippen LogP contribution in [0.1, 0.15) is 30.4 Å². The van der Waals surface area contributed by atoms with Crippen LogP contribution < -0.4 is 10.3 Å². The van der Waals surface area contributed by atoms with Crippen molar-refractivity contribution in [2.45, 2.75) is 26.3 Å². The van der Waals surface area contributed by atoms with E-state index in [4.69, 9.17) is 9.84 Å². The van der Waals surface area contributed by atoms with E-state index in [0.717, 1.165) is 11.3 Å². The van der Waals surface area contributed by atoms with E-state index in [9.17, 15) is 9.59 Å². The Bertz CT molecular complexity index is 697. The number of thiophene rings is 1. The summed E-state index contributed by atoms with van der Waals surface area (Å²) in [5.74, 6) is -0.807. The van der Waals surface area contributed by atoms with Gasteiger partial charge in [-0.2, -0.15) is 0 Å². The van der Waals surface area contributed by atoms with Gasteiger partial charge in [0, 0.05) is 29.4 Å². The Kier molecular flexibility index (Phi) is 3.63. The highest BCUT2D eigenvalue weighted by atomic mass is 32.1. The molecule has 0 amide bonds. The number of carboxylic acids is 1. The molecule has 2 rings (SSSR count). The van der Waals surface area contributed by atoms with Crippen LogP contribution in [0, 0.1) is 0 Å². The van der Waals surface area contributed by atoms with Gasteiger partial charge in [0.05, 0.1) is 0 Å². The minimum atomic E-state index is -1.03. The summed E-state index contributed by atoms with van der Waals surface area (Å²) in [6.45, 7) is 5.68. The molecule has 106 valence electrons. The number of ether oxygens (including phenoxy) is 1. The molecule has 0 aliphatic heterocycles. The number of aromatic carboxylic acids is 1. The third-order valence-corrected chi connectivity index (χ3v) is 3.43. The van der Waals surface area contributed by atoms with E-state index in [1.54, 1.807) is 6.20 Å². The van der Waals surface area contributed by atoms with Crippen molar-refractivity contribution in [3.05, 3.63) is 39.1 Å². The van der Waals surface area contributed by atoms with E-state index in [1.165, 1.54) is 22.2 Å². The Morgan fingerprint density at radius 3 is 2.70 bits per heavy atom. The van der Waals surface area contributed by atoms with Crippen molar-refractivity contribution in [3.8, 4) is 11.6 Å². The topological polar surface area (TPSA) is 81.4 Å². The lowest BCUT2D eigenvalue weighted by atomic mass is 10.1. The summed E-state index contributed by atoms with van der Waals surface area (Å²) in [6.07, 6.45) is 3.07. The van der Waals surface area contributed by atoms with Crippen molar-refractivity contribution < 1.29 is 14.6 Å². The van der Waals surface area contributed by atoms with Crippen LogP contribution in [-0.4, -0.2) is 20.6 Å². The summed E-state index contributed by atoms with van der Waals surface area (Å²) in [7, 11) is 0. The molecule has 0 fully saturated rings. The Morgan fingerprint density at radius 2 is 2.15 bits per heavy atom. The van der Waals surface area contributed by atoms with Crippen molar-refractivity contribution in [2.75, 3.05) is 0 Å². The first-order valence-electron chi connectivity index (χ1n) is 5.87. The maximum absolute atomic E-state index is 12.2. The fourth-order valence-electron chi connectivity index (χ4n) is 1.59. The second kappa shape index (κ2) is 5.09. The quantitative estimate of drug-likeness (QED) is 0.940. The smallest absolute Gasteiger partial charge is 0.346 e. The highest BCUT2D eigenvalue weighted by Crippen LogP contribution is 2.24. The van der Waals surface area contributed by atoms with Crippen LogP contribution in [-0.2, 0) is 5.54 Å². The maximum Gasteiger partial charge on any atom is 0.346 e. The lowest BCUT2D eigenvalue weighted by Gasteiger charge is -2.22. The summed E-state index contributed by atoms with van der Waals surface area (Å²) in [4.78, 5) is 27.1. The van der Waals surface area contributed by atoms with Gasteiger partial charge in [-0.25, -0.2) is 9.78 Å². The molecule has 0 saturated heterocycles. The van der Waals surface area contributed by atoms with Crippen LogP contribution in [0.15, 0.2) is 28.6 Å². The highest BCUT2D eigenvalue weighted by molar-refractivity contribution is 7.12. The summed E-state index contributed by atoms with van der Waals surface area (Å²) in [6, 6.07) is 1.36. The van der Waals surface area contributed by atoms with Gasteiger partial charge in [0.1, 0.15) is 10.6 Å². The molecule has 0 aliphatic carbocycles. The Balaban J connectivity index is 2.34. The van der Waals surface area contributed by atoms with E-state index in [2.05, 4.69) is 4.98 Å². The average molecular weight is 294 g/mol. The SMILES string of the molecule is CC(C)(C)n1ccnc(Oc2csc(C(=O)O)c2)c1=O. The third-order valence-electron chi connectivity index (χ3n) is 2.53. The van der Waals surface area contributed by atoms with Gasteiger partial charge in [0.15, 0.2) is 0 Å². The number of hydrogen-bond acceptors (Lipinski definition) is 5. The predicted octanol–water partition coefficient (Wildman–Crippen LogP) is 2.55. The predicted molar refractivity (Wildman–Crippen MR) is 74.8 cm³/mol. The van der Waals surface area contributed by atoms with Gasteiger partial charge in [-0.1, -0.05) is 0 Å². The normalized spacial score (nSPS) is 11.3. The van der Waals surface area contributed by atoms with E-state index in [0.29, 0.717) is 5.75 Å².